The van der Waals surface area contributed by atoms with Crippen LogP contribution in [0.4, 0.5) is 13.6 Å². The molecule has 0 saturated heterocycles. The molecule has 2 N–H and O–H groups in total. The topological polar surface area (TPSA) is 94.5 Å². The lowest BCUT2D eigenvalue weighted by atomic mass is 9.81. The van der Waals surface area contributed by atoms with E-state index in [1.165, 1.54) is 4.68 Å². The van der Waals surface area contributed by atoms with E-state index in [1.807, 2.05) is 30.3 Å². The second kappa shape index (κ2) is 13.9. The Morgan fingerprint density at radius 2 is 1.55 bits per heavy atom. The van der Waals surface area contributed by atoms with Crippen molar-refractivity contribution in [2.24, 2.45) is 5.41 Å². The quantitative estimate of drug-likeness (QED) is 0.239. The summed E-state index contributed by atoms with van der Waals surface area (Å²) in [5.41, 5.74) is 0.665. The Kier molecular flexibility index (Phi) is 10.9. The minimum absolute atomic E-state index is 0.00442. The number of benzene rings is 2. The van der Waals surface area contributed by atoms with Crippen molar-refractivity contribution in [3.63, 3.8) is 0 Å². The van der Waals surface area contributed by atoms with Gasteiger partial charge in [-0.25, -0.2) is 23.1 Å². The van der Waals surface area contributed by atoms with Gasteiger partial charge in [-0.05, 0) is 77.6 Å². The highest BCUT2D eigenvalue weighted by Crippen LogP contribution is 2.36. The van der Waals surface area contributed by atoms with Gasteiger partial charge < -0.3 is 20.1 Å². The van der Waals surface area contributed by atoms with Crippen molar-refractivity contribution in [1.82, 2.24) is 20.4 Å². The van der Waals surface area contributed by atoms with E-state index in [2.05, 4.69) is 31.4 Å². The number of alkyl carbamates (subject to hydrolysis) is 1. The molecule has 0 radical (unpaired) electrons. The average Bonchev–Trinajstić information content (AvgIpc) is 3.27. The van der Waals surface area contributed by atoms with E-state index in [9.17, 15) is 18.4 Å². The Morgan fingerprint density at radius 1 is 0.909 bits per heavy atom. The number of halogens is 2. The molecule has 0 aliphatic rings. The zero-order valence-corrected chi connectivity index (χ0v) is 27.3. The molecule has 0 bridgehead atoms. The highest BCUT2D eigenvalue weighted by atomic mass is 19.1. The lowest BCUT2D eigenvalue weighted by molar-refractivity contribution is -0.157. The maximum Gasteiger partial charge on any atom is 0.408 e. The Morgan fingerprint density at radius 3 is 2.14 bits per heavy atom. The zero-order valence-electron chi connectivity index (χ0n) is 27.3. The molecule has 10 heteroatoms. The van der Waals surface area contributed by atoms with E-state index in [1.54, 1.807) is 47.7 Å². The van der Waals surface area contributed by atoms with Gasteiger partial charge in [-0.3, -0.25) is 0 Å². The molecule has 44 heavy (non-hydrogen) atoms. The molecule has 2 atom stereocenters. The van der Waals surface area contributed by atoms with Gasteiger partial charge in [0, 0.05) is 30.3 Å². The molecule has 1 unspecified atom stereocenters. The Balaban J connectivity index is 1.94. The van der Waals surface area contributed by atoms with Crippen LogP contribution in [0.25, 0.3) is 5.69 Å². The van der Waals surface area contributed by atoms with Crippen LogP contribution in [-0.4, -0.2) is 45.6 Å². The molecular formula is C34H46F2N4O4. The van der Waals surface area contributed by atoms with E-state index >= 15 is 0 Å². The van der Waals surface area contributed by atoms with E-state index in [0.29, 0.717) is 18.7 Å². The zero-order chi connectivity index (χ0) is 32.9. The van der Waals surface area contributed by atoms with Crippen LogP contribution in [-0.2, 0) is 20.7 Å². The van der Waals surface area contributed by atoms with Crippen LogP contribution in [0.3, 0.4) is 0 Å². The number of carbonyl (C=O) groups excluding carboxylic acids is 2. The molecule has 2 aromatic carbocycles. The molecule has 0 aliphatic heterocycles. The fourth-order valence-electron chi connectivity index (χ4n) is 4.70. The van der Waals surface area contributed by atoms with Gasteiger partial charge in [0.05, 0.1) is 5.69 Å². The summed E-state index contributed by atoms with van der Waals surface area (Å²) >= 11 is 0. The summed E-state index contributed by atoms with van der Waals surface area (Å²) in [6.45, 7) is 17.0. The van der Waals surface area contributed by atoms with E-state index in [4.69, 9.17) is 14.6 Å². The predicted octanol–water partition coefficient (Wildman–Crippen LogP) is 7.04. The third-order valence-corrected chi connectivity index (χ3v) is 6.53. The number of aromatic nitrogens is 2. The number of nitrogens with zero attached hydrogens (tertiary/aromatic N) is 2. The van der Waals surface area contributed by atoms with Crippen LogP contribution in [0, 0.1) is 17.0 Å². The van der Waals surface area contributed by atoms with Crippen molar-refractivity contribution >= 4 is 12.1 Å². The average molecular weight is 613 g/mol. The number of ether oxygens (including phenoxy) is 2. The third kappa shape index (κ3) is 10.4. The summed E-state index contributed by atoms with van der Waals surface area (Å²) in [7, 11) is 0. The van der Waals surface area contributed by atoms with Crippen LogP contribution in [0.15, 0.2) is 54.7 Å². The first-order valence-corrected chi connectivity index (χ1v) is 14.9. The standard InChI is InChI=1S/C34H46F2N4O4/c1-32(2,3)29(37-18-17-26(30(41)43-33(4,5)6)38-31(42)44-34(7,8)9)24-21-40(28-20-23(35)15-16-25(28)36)39-27(24)19-22-13-11-10-12-14-22/h10-16,20-21,26,29,37H,17-19H2,1-9H3,(H,38,42)/t26?,29-/m0/s1. The van der Waals surface area contributed by atoms with Crippen LogP contribution in [0.1, 0.15) is 91.6 Å². The van der Waals surface area contributed by atoms with Gasteiger partial charge in [0.15, 0.2) is 0 Å². The fraction of sp³-hybridized carbons (Fsp3) is 0.500. The first-order chi connectivity index (χ1) is 20.3. The molecule has 240 valence electrons. The van der Waals surface area contributed by atoms with Crippen molar-refractivity contribution < 1.29 is 27.8 Å². The Labute approximate surface area is 259 Å². The van der Waals surface area contributed by atoms with E-state index in [0.717, 1.165) is 29.3 Å². The second-order valence-corrected chi connectivity index (χ2v) is 14.0. The summed E-state index contributed by atoms with van der Waals surface area (Å²) in [6, 6.07) is 11.8. The van der Waals surface area contributed by atoms with Crippen LogP contribution in [0.5, 0.6) is 0 Å². The second-order valence-electron chi connectivity index (χ2n) is 14.0. The van der Waals surface area contributed by atoms with Gasteiger partial charge >= 0.3 is 12.1 Å². The number of esters is 1. The molecule has 3 aromatic rings. The molecule has 3 rings (SSSR count). The van der Waals surface area contributed by atoms with Crippen LogP contribution in [0.2, 0.25) is 0 Å². The van der Waals surface area contributed by atoms with Crippen molar-refractivity contribution in [3.8, 4) is 5.69 Å². The minimum atomic E-state index is -0.968. The van der Waals surface area contributed by atoms with Crippen LogP contribution < -0.4 is 10.6 Å². The molecule has 1 heterocycles. The van der Waals surface area contributed by atoms with Gasteiger partial charge in [0.1, 0.15) is 34.6 Å². The largest absolute Gasteiger partial charge is 0.458 e. The number of hydrogen-bond acceptors (Lipinski definition) is 6. The van der Waals surface area contributed by atoms with Gasteiger partial charge in [-0.1, -0.05) is 51.1 Å². The van der Waals surface area contributed by atoms with Crippen molar-refractivity contribution in [2.45, 2.75) is 98.4 Å². The third-order valence-electron chi connectivity index (χ3n) is 6.53. The van der Waals surface area contributed by atoms with Gasteiger partial charge in [-0.15, -0.1) is 0 Å². The van der Waals surface area contributed by atoms with Gasteiger partial charge in [0.2, 0.25) is 0 Å². The molecule has 8 nitrogen and oxygen atoms in total. The summed E-state index contributed by atoms with van der Waals surface area (Å²) in [5, 5.41) is 10.9. The Hall–Kier alpha value is -3.79. The maximum absolute atomic E-state index is 14.8. The highest BCUT2D eigenvalue weighted by Gasteiger charge is 2.33. The van der Waals surface area contributed by atoms with Crippen molar-refractivity contribution in [1.29, 1.82) is 0 Å². The summed E-state index contributed by atoms with van der Waals surface area (Å²) in [5.74, 6) is -1.74. The Bertz CT molecular complexity index is 1420. The number of rotatable bonds is 10. The summed E-state index contributed by atoms with van der Waals surface area (Å²) < 4.78 is 41.3. The van der Waals surface area contributed by atoms with E-state index in [-0.39, 0.29) is 23.6 Å². The molecule has 0 spiro atoms. The number of carbonyl (C=O) groups is 2. The van der Waals surface area contributed by atoms with Crippen molar-refractivity contribution in [3.05, 3.63) is 83.2 Å². The lowest BCUT2D eigenvalue weighted by Crippen LogP contribution is -2.47. The molecule has 1 aromatic heterocycles. The van der Waals surface area contributed by atoms with E-state index < -0.39 is 40.9 Å². The highest BCUT2D eigenvalue weighted by molar-refractivity contribution is 5.81. The summed E-state index contributed by atoms with van der Waals surface area (Å²) in [6.07, 6.45) is 1.68. The maximum atomic E-state index is 14.8. The first kappa shape index (κ1) is 34.7. The smallest absolute Gasteiger partial charge is 0.408 e. The van der Waals surface area contributed by atoms with Gasteiger partial charge in [0.25, 0.3) is 0 Å². The van der Waals surface area contributed by atoms with Crippen molar-refractivity contribution in [2.75, 3.05) is 6.54 Å². The number of nitrogens with one attached hydrogen (secondary N) is 2. The molecule has 0 saturated carbocycles. The molecular weight excluding hydrogens is 566 g/mol. The normalized spacial score (nSPS) is 13.7. The minimum Gasteiger partial charge on any atom is -0.458 e. The monoisotopic (exact) mass is 612 g/mol. The van der Waals surface area contributed by atoms with Gasteiger partial charge in [-0.2, -0.15) is 5.10 Å². The number of hydrogen-bond donors (Lipinski definition) is 2. The summed E-state index contributed by atoms with van der Waals surface area (Å²) in [4.78, 5) is 25.7. The molecule has 0 aliphatic carbocycles. The lowest BCUT2D eigenvalue weighted by Gasteiger charge is -2.33. The molecule has 1 amide bonds. The fourth-order valence-corrected chi connectivity index (χ4v) is 4.70. The molecule has 0 fully saturated rings. The SMILES string of the molecule is CC(C)(C)OC(=O)NC(CCN[C@@H](c1cn(-c2cc(F)ccc2F)nc1Cc1ccccc1)C(C)(C)C)C(=O)OC(C)(C)C. The first-order valence-electron chi connectivity index (χ1n) is 14.9. The predicted molar refractivity (Wildman–Crippen MR) is 167 cm³/mol. The number of amides is 1. The van der Waals surface area contributed by atoms with Crippen LogP contribution >= 0.6 is 0 Å².